The Labute approximate surface area is 144 Å². The molecule has 5 heteroatoms. The van der Waals surface area contributed by atoms with E-state index in [1.165, 1.54) is 11.3 Å². The molecule has 1 fully saturated rings. The molecule has 0 spiro atoms. The van der Waals surface area contributed by atoms with E-state index in [1.807, 2.05) is 0 Å². The van der Waals surface area contributed by atoms with E-state index in [4.69, 9.17) is 0 Å². The third-order valence-electron chi connectivity index (χ3n) is 5.24. The zero-order chi connectivity index (χ0) is 17.1. The van der Waals surface area contributed by atoms with Crippen molar-refractivity contribution in [2.45, 2.75) is 51.1 Å². The highest BCUT2D eigenvalue weighted by molar-refractivity contribution is 5.79. The van der Waals surface area contributed by atoms with Gasteiger partial charge < -0.3 is 15.1 Å². The fourth-order valence-corrected chi connectivity index (χ4v) is 3.75. The predicted molar refractivity (Wildman–Crippen MR) is 95.0 cm³/mol. The number of aryl methyl sites for hydroxylation is 1. The number of benzene rings is 1. The van der Waals surface area contributed by atoms with Crippen LogP contribution in [-0.4, -0.2) is 48.9 Å². The van der Waals surface area contributed by atoms with Gasteiger partial charge in [0.2, 0.25) is 11.8 Å². The molecule has 2 aliphatic rings. The van der Waals surface area contributed by atoms with Crippen LogP contribution in [0.15, 0.2) is 24.3 Å². The Hall–Kier alpha value is -2.04. The number of likely N-dealkylation sites (N-methyl/N-ethyl adjacent to an activating group) is 1. The maximum absolute atomic E-state index is 12.3. The van der Waals surface area contributed by atoms with Crippen molar-refractivity contribution in [2.75, 3.05) is 25.0 Å². The number of likely N-dealkylation sites (tertiary alicyclic amines) is 1. The minimum absolute atomic E-state index is 0.0815. The molecule has 1 saturated heterocycles. The minimum Gasteiger partial charge on any atom is -0.368 e. The summed E-state index contributed by atoms with van der Waals surface area (Å²) in [6.07, 6.45) is 4.01. The average Bonchev–Trinajstić information content (AvgIpc) is 2.57. The number of anilines is 1. The summed E-state index contributed by atoms with van der Waals surface area (Å²) in [6.45, 7) is 3.59. The van der Waals surface area contributed by atoms with Crippen LogP contribution in [0.5, 0.6) is 0 Å². The summed E-state index contributed by atoms with van der Waals surface area (Å²) in [4.78, 5) is 27.9. The van der Waals surface area contributed by atoms with Gasteiger partial charge in [0.1, 0.15) is 0 Å². The van der Waals surface area contributed by atoms with Crippen molar-refractivity contribution in [3.8, 4) is 0 Å². The number of amides is 2. The first-order valence-corrected chi connectivity index (χ1v) is 8.92. The van der Waals surface area contributed by atoms with E-state index in [-0.39, 0.29) is 17.9 Å². The van der Waals surface area contributed by atoms with Crippen molar-refractivity contribution >= 4 is 17.5 Å². The standard InChI is InChI=1S/C19H27N3O2/c1-14-7-8-15-5-3-4-6-17(15)22(14)12-11-18(23)20-16-9-10-19(24)21(2)13-16/h3-6,14,16H,7-13H2,1-2H3,(H,20,23)/t14-,16-/m1/s1. The van der Waals surface area contributed by atoms with Gasteiger partial charge in [-0.1, -0.05) is 18.2 Å². The second-order valence-corrected chi connectivity index (χ2v) is 7.04. The first kappa shape index (κ1) is 16.8. The molecule has 0 aromatic heterocycles. The van der Waals surface area contributed by atoms with E-state index in [9.17, 15) is 9.59 Å². The number of carbonyl (C=O) groups is 2. The van der Waals surface area contributed by atoms with Crippen LogP contribution in [0.4, 0.5) is 5.69 Å². The predicted octanol–water partition coefficient (Wildman–Crippen LogP) is 1.95. The Bertz CT molecular complexity index is 616. The van der Waals surface area contributed by atoms with Crippen molar-refractivity contribution in [3.63, 3.8) is 0 Å². The van der Waals surface area contributed by atoms with E-state index < -0.39 is 0 Å². The molecule has 130 valence electrons. The lowest BCUT2D eigenvalue weighted by Crippen LogP contribution is -2.49. The van der Waals surface area contributed by atoms with Crippen LogP contribution in [-0.2, 0) is 16.0 Å². The lowest BCUT2D eigenvalue weighted by atomic mass is 9.96. The van der Waals surface area contributed by atoms with Gasteiger partial charge in [0.05, 0.1) is 0 Å². The number of nitrogens with one attached hydrogen (secondary N) is 1. The molecule has 1 N–H and O–H groups in total. The molecule has 0 saturated carbocycles. The largest absolute Gasteiger partial charge is 0.368 e. The highest BCUT2D eigenvalue weighted by Crippen LogP contribution is 2.30. The Morgan fingerprint density at radius 1 is 1.25 bits per heavy atom. The normalized spacial score (nSPS) is 23.8. The summed E-state index contributed by atoms with van der Waals surface area (Å²) in [7, 11) is 1.80. The van der Waals surface area contributed by atoms with Gasteiger partial charge >= 0.3 is 0 Å². The van der Waals surface area contributed by atoms with Gasteiger partial charge in [-0.05, 0) is 37.8 Å². The van der Waals surface area contributed by atoms with Crippen LogP contribution in [0.25, 0.3) is 0 Å². The highest BCUT2D eigenvalue weighted by atomic mass is 16.2. The van der Waals surface area contributed by atoms with Crippen LogP contribution >= 0.6 is 0 Å². The molecule has 0 aliphatic carbocycles. The number of fused-ring (bicyclic) bond motifs is 1. The molecule has 0 radical (unpaired) electrons. The second kappa shape index (κ2) is 7.24. The van der Waals surface area contributed by atoms with Crippen LogP contribution in [0.2, 0.25) is 0 Å². The SMILES string of the molecule is C[C@@H]1CCc2ccccc2N1CCC(=O)N[C@@H]1CCC(=O)N(C)C1. The molecule has 1 aromatic carbocycles. The topological polar surface area (TPSA) is 52.7 Å². The number of piperidine rings is 1. The minimum atomic E-state index is 0.0815. The van der Waals surface area contributed by atoms with Gasteiger partial charge in [0.15, 0.2) is 0 Å². The molecule has 2 amide bonds. The monoisotopic (exact) mass is 329 g/mol. The molecule has 0 unspecified atom stereocenters. The van der Waals surface area contributed by atoms with E-state index in [0.29, 0.717) is 25.4 Å². The molecule has 1 aromatic rings. The molecule has 5 nitrogen and oxygen atoms in total. The van der Waals surface area contributed by atoms with Crippen LogP contribution in [0.1, 0.15) is 38.2 Å². The van der Waals surface area contributed by atoms with Gasteiger partial charge in [-0.2, -0.15) is 0 Å². The van der Waals surface area contributed by atoms with Gasteiger partial charge in [0.25, 0.3) is 0 Å². The number of nitrogens with zero attached hydrogens (tertiary/aromatic N) is 2. The molecule has 2 atom stereocenters. The summed E-state index contributed by atoms with van der Waals surface area (Å²) >= 11 is 0. The van der Waals surface area contributed by atoms with Crippen molar-refractivity contribution in [1.29, 1.82) is 0 Å². The maximum atomic E-state index is 12.3. The summed E-state index contributed by atoms with van der Waals surface area (Å²) in [6, 6.07) is 9.05. The first-order chi connectivity index (χ1) is 11.5. The molecule has 2 heterocycles. The fraction of sp³-hybridized carbons (Fsp3) is 0.579. The van der Waals surface area contributed by atoms with E-state index in [0.717, 1.165) is 25.8 Å². The zero-order valence-corrected chi connectivity index (χ0v) is 14.6. The van der Waals surface area contributed by atoms with Crippen molar-refractivity contribution in [2.24, 2.45) is 0 Å². The molecule has 2 aliphatic heterocycles. The van der Waals surface area contributed by atoms with E-state index in [1.54, 1.807) is 11.9 Å². The smallest absolute Gasteiger partial charge is 0.222 e. The first-order valence-electron chi connectivity index (χ1n) is 8.92. The molecule has 3 rings (SSSR count). The number of rotatable bonds is 4. The van der Waals surface area contributed by atoms with Crippen molar-refractivity contribution in [3.05, 3.63) is 29.8 Å². The molecule has 0 bridgehead atoms. The summed E-state index contributed by atoms with van der Waals surface area (Å²) in [5.74, 6) is 0.247. The van der Waals surface area contributed by atoms with E-state index >= 15 is 0 Å². The lowest BCUT2D eigenvalue weighted by Gasteiger charge is -2.37. The molecule has 24 heavy (non-hydrogen) atoms. The Balaban J connectivity index is 1.54. The summed E-state index contributed by atoms with van der Waals surface area (Å²) in [5.41, 5.74) is 2.65. The Morgan fingerprint density at radius 3 is 2.83 bits per heavy atom. The number of carbonyl (C=O) groups excluding carboxylic acids is 2. The average molecular weight is 329 g/mol. The zero-order valence-electron chi connectivity index (χ0n) is 14.6. The van der Waals surface area contributed by atoms with Gasteiger partial charge in [-0.15, -0.1) is 0 Å². The number of hydrogen-bond donors (Lipinski definition) is 1. The summed E-state index contributed by atoms with van der Waals surface area (Å²) < 4.78 is 0. The third-order valence-corrected chi connectivity index (χ3v) is 5.24. The fourth-order valence-electron chi connectivity index (χ4n) is 3.75. The van der Waals surface area contributed by atoms with Crippen LogP contribution in [0.3, 0.4) is 0 Å². The molecular formula is C19H27N3O2. The van der Waals surface area contributed by atoms with Crippen molar-refractivity contribution in [1.82, 2.24) is 10.2 Å². The lowest BCUT2D eigenvalue weighted by molar-refractivity contribution is -0.133. The second-order valence-electron chi connectivity index (χ2n) is 7.04. The Kier molecular flexibility index (Phi) is 5.07. The third kappa shape index (κ3) is 3.71. The van der Waals surface area contributed by atoms with Gasteiger partial charge in [-0.3, -0.25) is 9.59 Å². The Morgan fingerprint density at radius 2 is 2.04 bits per heavy atom. The van der Waals surface area contributed by atoms with Crippen LogP contribution < -0.4 is 10.2 Å². The quantitative estimate of drug-likeness (QED) is 0.919. The van der Waals surface area contributed by atoms with Gasteiger partial charge in [-0.25, -0.2) is 0 Å². The maximum Gasteiger partial charge on any atom is 0.222 e. The van der Waals surface area contributed by atoms with Gasteiger partial charge in [0, 0.05) is 50.7 Å². The van der Waals surface area contributed by atoms with Crippen molar-refractivity contribution < 1.29 is 9.59 Å². The highest BCUT2D eigenvalue weighted by Gasteiger charge is 2.26. The number of para-hydroxylation sites is 1. The molecular weight excluding hydrogens is 302 g/mol. The summed E-state index contributed by atoms with van der Waals surface area (Å²) in [5, 5.41) is 3.09. The van der Waals surface area contributed by atoms with E-state index in [2.05, 4.69) is 41.4 Å². The number of hydrogen-bond acceptors (Lipinski definition) is 3. The van der Waals surface area contributed by atoms with Crippen LogP contribution in [0, 0.1) is 0 Å².